The molecule has 0 N–H and O–H groups in total. The summed E-state index contributed by atoms with van der Waals surface area (Å²) in [6, 6.07) is 3.59. The third kappa shape index (κ3) is 3.05. The molecule has 138 valence electrons. The lowest BCUT2D eigenvalue weighted by atomic mass is 9.94. The average molecular weight is 378 g/mol. The molecular formula is C18H20F2N4OS. The van der Waals surface area contributed by atoms with Crippen LogP contribution in [0.25, 0.3) is 0 Å². The van der Waals surface area contributed by atoms with Crippen molar-refractivity contribution in [2.24, 2.45) is 5.92 Å². The summed E-state index contributed by atoms with van der Waals surface area (Å²) in [5, 5.41) is 4.27. The molecule has 1 fully saturated rings. The molecule has 1 aromatic carbocycles. The van der Waals surface area contributed by atoms with Gasteiger partial charge in [-0.1, -0.05) is 24.8 Å². The fourth-order valence-corrected chi connectivity index (χ4v) is 5.15. The number of halogens is 2. The average Bonchev–Trinajstić information content (AvgIpc) is 3.09. The molecule has 5 nitrogen and oxygen atoms in total. The summed E-state index contributed by atoms with van der Waals surface area (Å²) in [4.78, 5) is 19.5. The highest BCUT2D eigenvalue weighted by Crippen LogP contribution is 2.42. The van der Waals surface area contributed by atoms with E-state index in [0.717, 1.165) is 32.0 Å². The summed E-state index contributed by atoms with van der Waals surface area (Å²) in [7, 11) is 0. The van der Waals surface area contributed by atoms with Crippen LogP contribution in [0.1, 0.15) is 42.0 Å². The van der Waals surface area contributed by atoms with Crippen molar-refractivity contribution >= 4 is 17.7 Å². The zero-order chi connectivity index (χ0) is 18.4. The number of benzene rings is 1. The zero-order valence-electron chi connectivity index (χ0n) is 14.7. The third-order valence-electron chi connectivity index (χ3n) is 5.02. The molecule has 0 bridgehead atoms. The summed E-state index contributed by atoms with van der Waals surface area (Å²) in [6.45, 7) is 5.57. The van der Waals surface area contributed by atoms with Gasteiger partial charge in [-0.15, -0.1) is 5.10 Å². The molecular weight excluding hydrogens is 358 g/mol. The van der Waals surface area contributed by atoms with Crippen LogP contribution < -0.4 is 0 Å². The first kappa shape index (κ1) is 17.6. The van der Waals surface area contributed by atoms with Crippen LogP contribution in [0.4, 0.5) is 8.78 Å². The largest absolute Gasteiger partial charge is 0.294 e. The third-order valence-corrected chi connectivity index (χ3v) is 6.21. The van der Waals surface area contributed by atoms with E-state index in [4.69, 9.17) is 0 Å². The SMILES string of the molecule is Cc1nc2n(n1)C(=O)C(C(c1ccc(F)c(F)c1)N1CCCC(C)C1)S2. The van der Waals surface area contributed by atoms with E-state index in [1.165, 1.54) is 22.5 Å². The molecule has 3 heterocycles. The van der Waals surface area contributed by atoms with E-state index in [-0.39, 0.29) is 11.9 Å². The molecule has 0 amide bonds. The highest BCUT2D eigenvalue weighted by Gasteiger charge is 2.43. The van der Waals surface area contributed by atoms with E-state index < -0.39 is 16.9 Å². The van der Waals surface area contributed by atoms with Gasteiger partial charge >= 0.3 is 0 Å². The van der Waals surface area contributed by atoms with Crippen LogP contribution in [0.5, 0.6) is 0 Å². The van der Waals surface area contributed by atoms with Gasteiger partial charge in [0.05, 0.1) is 6.04 Å². The molecule has 2 aromatic rings. The highest BCUT2D eigenvalue weighted by molar-refractivity contribution is 8.00. The number of aryl methyl sites for hydroxylation is 1. The molecule has 0 aliphatic carbocycles. The molecule has 3 atom stereocenters. The van der Waals surface area contributed by atoms with E-state index in [0.29, 0.717) is 22.5 Å². The first-order valence-corrected chi connectivity index (χ1v) is 9.65. The molecule has 2 aliphatic rings. The lowest BCUT2D eigenvalue weighted by Crippen LogP contribution is -2.43. The second-order valence-corrected chi connectivity index (χ2v) is 8.20. The fourth-order valence-electron chi connectivity index (χ4n) is 3.85. The minimum atomic E-state index is -0.889. The lowest BCUT2D eigenvalue weighted by Gasteiger charge is -2.39. The van der Waals surface area contributed by atoms with Crippen LogP contribution in [0.3, 0.4) is 0 Å². The van der Waals surface area contributed by atoms with Crippen molar-refractivity contribution in [3.8, 4) is 0 Å². The number of aromatic nitrogens is 3. The molecule has 0 saturated carbocycles. The maximum Gasteiger partial charge on any atom is 0.264 e. The van der Waals surface area contributed by atoms with Gasteiger partial charge in [0, 0.05) is 6.54 Å². The van der Waals surface area contributed by atoms with Crippen molar-refractivity contribution < 1.29 is 13.6 Å². The molecule has 0 spiro atoms. The summed E-state index contributed by atoms with van der Waals surface area (Å²) in [5.74, 6) is -0.876. The molecule has 1 saturated heterocycles. The molecule has 1 aromatic heterocycles. The van der Waals surface area contributed by atoms with Gasteiger partial charge in [0.2, 0.25) is 0 Å². The molecule has 2 aliphatic heterocycles. The van der Waals surface area contributed by atoms with Crippen LogP contribution in [0.15, 0.2) is 23.4 Å². The van der Waals surface area contributed by atoms with Gasteiger partial charge in [-0.25, -0.2) is 13.8 Å². The van der Waals surface area contributed by atoms with E-state index in [9.17, 15) is 13.6 Å². The van der Waals surface area contributed by atoms with Gasteiger partial charge < -0.3 is 0 Å². The van der Waals surface area contributed by atoms with Crippen LogP contribution in [0.2, 0.25) is 0 Å². The quantitative estimate of drug-likeness (QED) is 0.819. The van der Waals surface area contributed by atoms with Gasteiger partial charge in [-0.2, -0.15) is 4.68 Å². The Morgan fingerprint density at radius 3 is 2.81 bits per heavy atom. The number of carbonyl (C=O) groups excluding carboxylic acids is 1. The molecule has 3 unspecified atom stereocenters. The van der Waals surface area contributed by atoms with E-state index in [1.807, 2.05) is 0 Å². The first-order valence-electron chi connectivity index (χ1n) is 8.77. The van der Waals surface area contributed by atoms with Gasteiger partial charge in [-0.3, -0.25) is 9.69 Å². The maximum atomic E-state index is 13.9. The van der Waals surface area contributed by atoms with Crippen molar-refractivity contribution in [3.05, 3.63) is 41.2 Å². The predicted molar refractivity (Wildman–Crippen MR) is 94.1 cm³/mol. The Kier molecular flexibility index (Phi) is 4.56. The summed E-state index contributed by atoms with van der Waals surface area (Å²) < 4.78 is 28.7. The number of hydrogen-bond donors (Lipinski definition) is 0. The van der Waals surface area contributed by atoms with Crippen LogP contribution in [-0.2, 0) is 0 Å². The van der Waals surface area contributed by atoms with Crippen molar-refractivity contribution in [3.63, 3.8) is 0 Å². The molecule has 8 heteroatoms. The van der Waals surface area contributed by atoms with E-state index in [1.54, 1.807) is 13.0 Å². The molecule has 26 heavy (non-hydrogen) atoms. The highest BCUT2D eigenvalue weighted by atomic mass is 32.2. The van der Waals surface area contributed by atoms with Crippen molar-refractivity contribution in [1.82, 2.24) is 19.7 Å². The number of carbonyl (C=O) groups is 1. The Bertz CT molecular complexity index is 856. The number of likely N-dealkylation sites (tertiary alicyclic amines) is 1. The zero-order valence-corrected chi connectivity index (χ0v) is 15.5. The number of thioether (sulfide) groups is 1. The summed E-state index contributed by atoms with van der Waals surface area (Å²) in [6.07, 6.45) is 2.16. The molecule has 4 rings (SSSR count). The topological polar surface area (TPSA) is 51.0 Å². The minimum Gasteiger partial charge on any atom is -0.294 e. The number of nitrogens with zero attached hydrogens (tertiary/aromatic N) is 4. The normalized spacial score (nSPS) is 24.7. The Balaban J connectivity index is 1.72. The van der Waals surface area contributed by atoms with Gasteiger partial charge in [0.15, 0.2) is 16.8 Å². The van der Waals surface area contributed by atoms with E-state index >= 15 is 0 Å². The first-order chi connectivity index (χ1) is 12.4. The van der Waals surface area contributed by atoms with Gasteiger partial charge in [0.25, 0.3) is 5.91 Å². The second-order valence-electron chi connectivity index (χ2n) is 7.09. The number of fused-ring (bicyclic) bond motifs is 1. The Hall–Kier alpha value is -1.80. The summed E-state index contributed by atoms with van der Waals surface area (Å²) in [5.41, 5.74) is 0.617. The van der Waals surface area contributed by atoms with Gasteiger partial charge in [0.1, 0.15) is 11.1 Å². The van der Waals surface area contributed by atoms with Crippen LogP contribution in [0, 0.1) is 24.5 Å². The Morgan fingerprint density at radius 2 is 2.12 bits per heavy atom. The van der Waals surface area contributed by atoms with Crippen molar-refractivity contribution in [2.75, 3.05) is 13.1 Å². The van der Waals surface area contributed by atoms with Gasteiger partial charge in [-0.05, 0) is 49.9 Å². The standard InChI is InChI=1S/C18H20F2N4OS/c1-10-4-3-7-23(9-10)15(12-5-6-13(19)14(20)8-12)16-17(25)24-18(26-16)21-11(2)22-24/h5-6,8,10,15-16H,3-4,7,9H2,1-2H3. The number of piperidine rings is 1. The Morgan fingerprint density at radius 1 is 1.31 bits per heavy atom. The van der Waals surface area contributed by atoms with E-state index in [2.05, 4.69) is 21.9 Å². The number of hydrogen-bond acceptors (Lipinski definition) is 5. The summed E-state index contributed by atoms with van der Waals surface area (Å²) >= 11 is 1.35. The van der Waals surface area contributed by atoms with Crippen molar-refractivity contribution in [2.45, 2.75) is 43.1 Å². The maximum absolute atomic E-state index is 13.9. The second kappa shape index (κ2) is 6.74. The minimum absolute atomic E-state index is 0.154. The monoisotopic (exact) mass is 378 g/mol. The predicted octanol–water partition coefficient (Wildman–Crippen LogP) is 3.45. The molecule has 0 radical (unpaired) electrons. The fraction of sp³-hybridized carbons (Fsp3) is 0.500. The number of rotatable bonds is 3. The lowest BCUT2D eigenvalue weighted by molar-refractivity contribution is 0.0787. The van der Waals surface area contributed by atoms with Crippen molar-refractivity contribution in [1.29, 1.82) is 0 Å². The van der Waals surface area contributed by atoms with Crippen LogP contribution in [-0.4, -0.2) is 43.9 Å². The smallest absolute Gasteiger partial charge is 0.264 e. The Labute approximate surface area is 154 Å². The van der Waals surface area contributed by atoms with Crippen LogP contribution >= 0.6 is 11.8 Å².